The van der Waals surface area contributed by atoms with Crippen molar-refractivity contribution in [2.45, 2.75) is 44.2 Å². The number of amides is 1. The SMILES string of the molecule is COc1ccc(-n2cnnn2)c(CNC(=O)c2cn3c(n2)CCC3c2cn3cc(C4CC4)ccc3n2)c1. The predicted octanol–water partition coefficient (Wildman–Crippen LogP) is 2.86. The van der Waals surface area contributed by atoms with Gasteiger partial charge < -0.3 is 19.0 Å². The van der Waals surface area contributed by atoms with Crippen LogP contribution < -0.4 is 10.1 Å². The molecule has 1 fully saturated rings. The minimum atomic E-state index is -0.241. The van der Waals surface area contributed by atoms with Crippen LogP contribution in [0.2, 0.25) is 0 Å². The summed E-state index contributed by atoms with van der Waals surface area (Å²) in [5.41, 5.74) is 5.30. The fourth-order valence-electron chi connectivity index (χ4n) is 5.13. The van der Waals surface area contributed by atoms with E-state index in [0.29, 0.717) is 17.4 Å². The number of fused-ring (bicyclic) bond motifs is 2. The van der Waals surface area contributed by atoms with Crippen LogP contribution in [0.15, 0.2) is 55.2 Å². The van der Waals surface area contributed by atoms with Crippen molar-refractivity contribution in [2.24, 2.45) is 0 Å². The molecule has 7 rings (SSSR count). The maximum atomic E-state index is 13.1. The first-order chi connectivity index (χ1) is 18.2. The second-order valence-corrected chi connectivity index (χ2v) is 9.60. The number of ether oxygens (including phenoxy) is 1. The molecular weight excluding hydrogens is 470 g/mol. The van der Waals surface area contributed by atoms with Crippen LogP contribution in [-0.4, -0.2) is 52.2 Å². The Balaban J connectivity index is 1.10. The van der Waals surface area contributed by atoms with Gasteiger partial charge in [0.2, 0.25) is 0 Å². The van der Waals surface area contributed by atoms with Crippen LogP contribution in [0.4, 0.5) is 0 Å². The van der Waals surface area contributed by atoms with Crippen LogP contribution in [0.25, 0.3) is 11.3 Å². The van der Waals surface area contributed by atoms with E-state index in [1.54, 1.807) is 11.8 Å². The van der Waals surface area contributed by atoms with E-state index >= 15 is 0 Å². The standard InChI is InChI=1S/C26H25N9O2/c1-37-19-5-6-22(35-15-28-31-32-35)18(10-19)11-27-26(36)21-14-34-23(7-9-25(34)30-21)20-13-33-12-17(16-2-3-16)4-8-24(33)29-20/h4-6,8,10,12-16,23H,2-3,7,9,11H2,1H3,(H,27,36). The molecule has 11 nitrogen and oxygen atoms in total. The zero-order valence-electron chi connectivity index (χ0n) is 20.3. The molecule has 5 heterocycles. The third-order valence-electron chi connectivity index (χ3n) is 7.22. The van der Waals surface area contributed by atoms with Crippen LogP contribution >= 0.6 is 0 Å². The van der Waals surface area contributed by atoms with Crippen LogP contribution in [0.1, 0.15) is 64.4 Å². The molecule has 1 aliphatic carbocycles. The fraction of sp³-hybridized carbons (Fsp3) is 0.308. The number of tetrazole rings is 1. The molecule has 37 heavy (non-hydrogen) atoms. The summed E-state index contributed by atoms with van der Waals surface area (Å²) in [5.74, 6) is 2.04. The Hall–Kier alpha value is -4.54. The number of carbonyl (C=O) groups is 1. The van der Waals surface area contributed by atoms with Gasteiger partial charge >= 0.3 is 0 Å². The highest BCUT2D eigenvalue weighted by molar-refractivity contribution is 5.92. The van der Waals surface area contributed by atoms with Crippen molar-refractivity contribution in [1.82, 2.24) is 44.5 Å². The lowest BCUT2D eigenvalue weighted by atomic mass is 10.1. The van der Waals surface area contributed by atoms with Gasteiger partial charge in [0, 0.05) is 37.1 Å². The smallest absolute Gasteiger partial charge is 0.271 e. The number of imidazole rings is 2. The van der Waals surface area contributed by atoms with Crippen LogP contribution in [0.3, 0.4) is 0 Å². The second kappa shape index (κ2) is 8.54. The highest BCUT2D eigenvalue weighted by atomic mass is 16.5. The summed E-state index contributed by atoms with van der Waals surface area (Å²) in [6, 6.07) is 9.90. The minimum absolute atomic E-state index is 0.0677. The quantitative estimate of drug-likeness (QED) is 0.369. The maximum absolute atomic E-state index is 13.1. The summed E-state index contributed by atoms with van der Waals surface area (Å²) in [4.78, 5) is 22.6. The number of aryl methyl sites for hydroxylation is 1. The monoisotopic (exact) mass is 495 g/mol. The lowest BCUT2D eigenvalue weighted by Gasteiger charge is -2.11. The Morgan fingerprint density at radius 1 is 1.11 bits per heavy atom. The molecule has 0 spiro atoms. The topological polar surface area (TPSA) is 117 Å². The predicted molar refractivity (Wildman–Crippen MR) is 133 cm³/mol. The average molecular weight is 496 g/mol. The van der Waals surface area contributed by atoms with Gasteiger partial charge in [-0.05, 0) is 65.4 Å². The third-order valence-corrected chi connectivity index (χ3v) is 7.22. The fourth-order valence-corrected chi connectivity index (χ4v) is 5.13. The third kappa shape index (κ3) is 3.92. The zero-order valence-corrected chi connectivity index (χ0v) is 20.3. The number of nitrogens with zero attached hydrogens (tertiary/aromatic N) is 8. The van der Waals surface area contributed by atoms with Crippen molar-refractivity contribution >= 4 is 11.6 Å². The van der Waals surface area contributed by atoms with Gasteiger partial charge in [0.05, 0.1) is 24.5 Å². The van der Waals surface area contributed by atoms with E-state index in [4.69, 9.17) is 9.72 Å². The van der Waals surface area contributed by atoms with Crippen molar-refractivity contribution in [3.05, 3.63) is 83.6 Å². The van der Waals surface area contributed by atoms with Crippen molar-refractivity contribution in [2.75, 3.05) is 7.11 Å². The number of hydrogen-bond acceptors (Lipinski definition) is 7. The number of carbonyl (C=O) groups excluding carboxylic acids is 1. The van der Waals surface area contributed by atoms with Crippen LogP contribution in [-0.2, 0) is 13.0 Å². The Bertz CT molecular complexity index is 1610. The van der Waals surface area contributed by atoms with Crippen molar-refractivity contribution < 1.29 is 9.53 Å². The Morgan fingerprint density at radius 2 is 2.03 bits per heavy atom. The summed E-state index contributed by atoms with van der Waals surface area (Å²) < 4.78 is 11.1. The van der Waals surface area contributed by atoms with E-state index in [2.05, 4.69) is 59.3 Å². The van der Waals surface area contributed by atoms with Crippen molar-refractivity contribution in [1.29, 1.82) is 0 Å². The second-order valence-electron chi connectivity index (χ2n) is 9.60. The molecule has 1 aliphatic heterocycles. The van der Waals surface area contributed by atoms with Crippen molar-refractivity contribution in [3.63, 3.8) is 0 Å². The molecule has 1 aromatic carbocycles. The summed E-state index contributed by atoms with van der Waals surface area (Å²) in [7, 11) is 1.60. The maximum Gasteiger partial charge on any atom is 0.271 e. The molecule has 1 N–H and O–H groups in total. The van der Waals surface area contributed by atoms with Crippen LogP contribution in [0.5, 0.6) is 5.75 Å². The molecule has 4 aromatic heterocycles. The molecule has 186 valence electrons. The van der Waals surface area contributed by atoms with E-state index in [0.717, 1.165) is 41.3 Å². The summed E-state index contributed by atoms with van der Waals surface area (Å²) in [6.45, 7) is 0.270. The average Bonchev–Trinajstić information content (AvgIpc) is 3.29. The normalized spacial score (nSPS) is 16.7. The van der Waals surface area contributed by atoms with Gasteiger partial charge in [-0.25, -0.2) is 14.6 Å². The number of pyridine rings is 1. The highest BCUT2D eigenvalue weighted by Gasteiger charge is 2.29. The van der Waals surface area contributed by atoms with Gasteiger partial charge in [-0.1, -0.05) is 6.07 Å². The van der Waals surface area contributed by atoms with E-state index in [1.165, 1.54) is 24.7 Å². The molecule has 1 saturated carbocycles. The molecule has 1 unspecified atom stereocenters. The molecular formula is C26H25N9O2. The largest absolute Gasteiger partial charge is 0.497 e. The summed E-state index contributed by atoms with van der Waals surface area (Å²) in [5, 5.41) is 14.4. The Morgan fingerprint density at radius 3 is 2.84 bits per heavy atom. The minimum Gasteiger partial charge on any atom is -0.497 e. The molecule has 1 atom stereocenters. The number of rotatable bonds is 7. The molecule has 11 heteroatoms. The number of benzene rings is 1. The lowest BCUT2D eigenvalue weighted by molar-refractivity contribution is 0.0946. The van der Waals surface area contributed by atoms with E-state index in [9.17, 15) is 4.79 Å². The Kier molecular flexibility index (Phi) is 5.01. The summed E-state index contributed by atoms with van der Waals surface area (Å²) >= 11 is 0. The van der Waals surface area contributed by atoms with Gasteiger partial charge in [-0.3, -0.25) is 4.79 Å². The number of nitrogens with one attached hydrogen (secondary N) is 1. The van der Waals surface area contributed by atoms with Gasteiger partial charge in [0.1, 0.15) is 29.2 Å². The van der Waals surface area contributed by atoms with Gasteiger partial charge in [-0.2, -0.15) is 0 Å². The number of hydrogen-bond donors (Lipinski definition) is 1. The highest BCUT2D eigenvalue weighted by Crippen LogP contribution is 2.40. The first kappa shape index (κ1) is 21.7. The molecule has 0 bridgehead atoms. The molecule has 0 saturated heterocycles. The van der Waals surface area contributed by atoms with Gasteiger partial charge in [0.25, 0.3) is 5.91 Å². The van der Waals surface area contributed by atoms with Crippen LogP contribution in [0, 0.1) is 0 Å². The molecule has 2 aliphatic rings. The molecule has 1 amide bonds. The van der Waals surface area contributed by atoms with E-state index < -0.39 is 0 Å². The van der Waals surface area contributed by atoms with E-state index in [1.807, 2.05) is 24.4 Å². The molecule has 0 radical (unpaired) electrons. The lowest BCUT2D eigenvalue weighted by Crippen LogP contribution is -2.24. The summed E-state index contributed by atoms with van der Waals surface area (Å²) in [6.07, 6.45) is 11.9. The zero-order chi connectivity index (χ0) is 24.9. The van der Waals surface area contributed by atoms with E-state index in [-0.39, 0.29) is 18.5 Å². The Labute approximate surface area is 212 Å². The van der Waals surface area contributed by atoms with Gasteiger partial charge in [-0.15, -0.1) is 5.10 Å². The first-order valence-electron chi connectivity index (χ1n) is 12.4. The first-order valence-corrected chi connectivity index (χ1v) is 12.4. The molecule has 5 aromatic rings. The number of methoxy groups -OCH3 is 1. The number of aromatic nitrogens is 8. The van der Waals surface area contributed by atoms with Crippen molar-refractivity contribution in [3.8, 4) is 11.4 Å². The van der Waals surface area contributed by atoms with Gasteiger partial charge in [0.15, 0.2) is 0 Å².